The van der Waals surface area contributed by atoms with E-state index in [0.717, 1.165) is 85.0 Å². The van der Waals surface area contributed by atoms with Crippen LogP contribution in [0.5, 0.6) is 5.75 Å². The largest absolute Gasteiger partial charge is 0.508 e. The number of esters is 2. The van der Waals surface area contributed by atoms with E-state index in [1.807, 2.05) is 25.2 Å². The predicted molar refractivity (Wildman–Crippen MR) is 248 cm³/mol. The molecule has 8 heteroatoms. The number of piperidine rings is 1. The first-order valence-electron chi connectivity index (χ1n) is 24.1. The third-order valence-corrected chi connectivity index (χ3v) is 15.7. The fourth-order valence-electron chi connectivity index (χ4n) is 12.7. The van der Waals surface area contributed by atoms with E-state index in [1.165, 1.54) is 31.2 Å². The number of hydrogen-bond donors (Lipinski definition) is 4. The maximum Gasteiger partial charge on any atom is 0.340 e. The molecule has 0 amide bonds. The Balaban J connectivity index is 1.14. The molecule has 1 spiro atoms. The third kappa shape index (κ3) is 8.17. The highest BCUT2D eigenvalue weighted by molar-refractivity contribution is 6.07. The topological polar surface area (TPSA) is 117 Å². The second kappa shape index (κ2) is 18.8. The van der Waals surface area contributed by atoms with E-state index in [0.29, 0.717) is 53.9 Å². The molecule has 2 saturated heterocycles. The van der Waals surface area contributed by atoms with E-state index in [2.05, 4.69) is 85.2 Å². The Morgan fingerprint density at radius 2 is 1.76 bits per heavy atom. The molecule has 3 aromatic rings. The number of fused-ring (bicyclic) bond motifs is 1. The molecule has 3 aromatic carbocycles. The number of allylic oxidation sites excluding steroid dienone is 5. The molecule has 3 fully saturated rings. The molecule has 1 saturated carbocycles. The number of phenols is 1. The average molecular weight is 851 g/mol. The second-order valence-corrected chi connectivity index (χ2v) is 19.3. The van der Waals surface area contributed by atoms with Gasteiger partial charge in [-0.1, -0.05) is 87.7 Å². The van der Waals surface area contributed by atoms with Gasteiger partial charge in [0.2, 0.25) is 0 Å². The van der Waals surface area contributed by atoms with Crippen molar-refractivity contribution < 1.29 is 29.3 Å². The molecule has 3 heterocycles. The Bertz CT molecular complexity index is 2320. The van der Waals surface area contributed by atoms with Gasteiger partial charge in [0.25, 0.3) is 0 Å². The number of carbonyl (C=O) groups excluding carboxylic acids is 2. The van der Waals surface area contributed by atoms with Gasteiger partial charge >= 0.3 is 11.9 Å². The molecule has 0 unspecified atom stereocenters. The van der Waals surface area contributed by atoms with Crippen LogP contribution in [0.15, 0.2) is 113 Å². The number of benzene rings is 3. The van der Waals surface area contributed by atoms with Gasteiger partial charge in [0.05, 0.1) is 11.0 Å². The van der Waals surface area contributed by atoms with Gasteiger partial charge in [-0.2, -0.15) is 0 Å². The normalized spacial score (nSPS) is 28.5. The minimum absolute atomic E-state index is 0.0232. The lowest BCUT2D eigenvalue weighted by Gasteiger charge is -2.56. The summed E-state index contributed by atoms with van der Waals surface area (Å²) in [5.41, 5.74) is 7.66. The van der Waals surface area contributed by atoms with Crippen molar-refractivity contribution in [3.8, 4) is 16.9 Å². The van der Waals surface area contributed by atoms with Crippen LogP contribution in [0.25, 0.3) is 16.7 Å². The lowest BCUT2D eigenvalue weighted by atomic mass is 9.44. The van der Waals surface area contributed by atoms with E-state index >= 15 is 0 Å². The molecule has 10 rings (SSSR count). The lowest BCUT2D eigenvalue weighted by Crippen LogP contribution is -2.52. The van der Waals surface area contributed by atoms with Gasteiger partial charge in [-0.25, -0.2) is 9.59 Å². The quantitative estimate of drug-likeness (QED) is 0.0832. The fraction of sp³-hybridized carbons (Fsp3) is 0.491. The summed E-state index contributed by atoms with van der Waals surface area (Å²) < 4.78 is 12.9. The number of carbonyl (C=O) groups is 2. The molecule has 332 valence electrons. The summed E-state index contributed by atoms with van der Waals surface area (Å²) in [5, 5.41) is 28.9. The Morgan fingerprint density at radius 3 is 2.56 bits per heavy atom. The highest BCUT2D eigenvalue weighted by atomic mass is 16.5. The lowest BCUT2D eigenvalue weighted by molar-refractivity contribution is -0.135. The van der Waals surface area contributed by atoms with E-state index in [4.69, 9.17) is 9.47 Å². The first-order valence-corrected chi connectivity index (χ1v) is 24.1. The number of unbranched alkanes of at least 4 members (excludes halogenated alkanes) is 2. The minimum Gasteiger partial charge on any atom is -0.508 e. The van der Waals surface area contributed by atoms with Crippen LogP contribution in [-0.4, -0.2) is 48.4 Å². The Morgan fingerprint density at radius 1 is 0.921 bits per heavy atom. The van der Waals surface area contributed by atoms with Crippen LogP contribution in [-0.2, 0) is 32.0 Å². The monoisotopic (exact) mass is 850 g/mol. The zero-order valence-electron chi connectivity index (χ0n) is 37.5. The summed E-state index contributed by atoms with van der Waals surface area (Å²) in [7, 11) is 1.94. The highest BCUT2D eigenvalue weighted by Crippen LogP contribution is 2.72. The Kier molecular flexibility index (Phi) is 12.9. The van der Waals surface area contributed by atoms with Gasteiger partial charge < -0.3 is 30.3 Å². The van der Waals surface area contributed by atoms with Crippen LogP contribution in [0.3, 0.4) is 0 Å². The van der Waals surface area contributed by atoms with Gasteiger partial charge in [0.1, 0.15) is 17.3 Å². The Labute approximate surface area is 373 Å². The standard InChI is InChI=1S/C55H66N2O6/c1-4-6-8-16-40-30-37(24-26-57-40)39(33-58)17-22-47-45-21-20-44-43-23-25-55(51(44)50(45)53(60)62-47)48(29-34(5-2)27-35-12-9-7-10-13-35)63-54(61)52(55)49(43)46-31-41(59)18-19-42(46)38-15-11-14-36(28-38)32-56-3/h7,9-15,18-19,22,28-29,31,34,37,39-40,43-44,51,56-59H,4-6,8,16-17,20-21,23-27,30,32-33H2,1-3H3/t34-,37-,39+,40+,43+,44+,51+,55+/m1/s1. The van der Waals surface area contributed by atoms with E-state index in [1.54, 1.807) is 6.07 Å². The van der Waals surface area contributed by atoms with Crippen LogP contribution in [0, 0.1) is 40.9 Å². The second-order valence-electron chi connectivity index (χ2n) is 19.3. The van der Waals surface area contributed by atoms with Crippen molar-refractivity contribution in [3.05, 3.63) is 130 Å². The molecule has 63 heavy (non-hydrogen) atoms. The molecule has 0 aromatic heterocycles. The molecule has 3 aliphatic heterocycles. The van der Waals surface area contributed by atoms with E-state index in [9.17, 15) is 19.8 Å². The van der Waals surface area contributed by atoms with Crippen LogP contribution in [0.4, 0.5) is 0 Å². The molecule has 7 aliphatic rings. The summed E-state index contributed by atoms with van der Waals surface area (Å²) in [5.74, 6) is 1.18. The van der Waals surface area contributed by atoms with Crippen LogP contribution in [0.2, 0.25) is 0 Å². The zero-order valence-corrected chi connectivity index (χ0v) is 37.5. The number of aromatic hydroxyl groups is 1. The first kappa shape index (κ1) is 43.5. The SMILES string of the molecule is CCCCC[C@H]1C[C@H]([C@H](CO)CC=C2OC(=O)C3=C2CC[C@H]2[C@@H]4CC[C@]5(C(=C[C@H](CC)Cc6ccccc6)OC(=O)C5=C4c4cc(O)ccc4-c4cccc(CNC)c4)[C@H]32)CCN1. The number of cyclic esters (lactones) is 2. The number of aliphatic hydroxyl groups is 1. The van der Waals surface area contributed by atoms with Crippen LogP contribution in [0.1, 0.15) is 108 Å². The summed E-state index contributed by atoms with van der Waals surface area (Å²) in [6, 6.07) is 25.0. The zero-order chi connectivity index (χ0) is 43.7. The maximum absolute atomic E-state index is 14.9. The number of rotatable bonds is 16. The van der Waals surface area contributed by atoms with Crippen LogP contribution < -0.4 is 10.6 Å². The number of hydrogen-bond acceptors (Lipinski definition) is 8. The van der Waals surface area contributed by atoms with Gasteiger partial charge in [-0.05, 0) is 171 Å². The van der Waals surface area contributed by atoms with Crippen molar-refractivity contribution in [2.75, 3.05) is 20.2 Å². The Hall–Kier alpha value is -4.76. The summed E-state index contributed by atoms with van der Waals surface area (Å²) in [4.78, 5) is 29.5. The highest BCUT2D eigenvalue weighted by Gasteiger charge is 2.68. The van der Waals surface area contributed by atoms with E-state index < -0.39 is 5.41 Å². The first-order chi connectivity index (χ1) is 30.8. The molecule has 8 nitrogen and oxygen atoms in total. The van der Waals surface area contributed by atoms with Gasteiger partial charge in [0.15, 0.2) is 0 Å². The average Bonchev–Trinajstić information content (AvgIpc) is 3.79. The summed E-state index contributed by atoms with van der Waals surface area (Å²) >= 11 is 0. The van der Waals surface area contributed by atoms with Gasteiger partial charge in [0, 0.05) is 36.3 Å². The maximum atomic E-state index is 14.9. The van der Waals surface area contributed by atoms with Gasteiger partial charge in [-0.3, -0.25) is 0 Å². The van der Waals surface area contributed by atoms with Crippen LogP contribution >= 0.6 is 0 Å². The fourth-order valence-corrected chi connectivity index (χ4v) is 12.7. The van der Waals surface area contributed by atoms with Crippen molar-refractivity contribution in [2.24, 2.45) is 40.9 Å². The molecule has 4 N–H and O–H groups in total. The summed E-state index contributed by atoms with van der Waals surface area (Å²) in [6.45, 7) is 6.22. The minimum atomic E-state index is -0.863. The predicted octanol–water partition coefficient (Wildman–Crippen LogP) is 10.4. The number of ether oxygens (including phenoxy) is 2. The van der Waals surface area contributed by atoms with Gasteiger partial charge in [-0.15, -0.1) is 0 Å². The number of phenolic OH excluding ortho intramolecular Hbond substituents is 1. The number of nitrogens with one attached hydrogen (secondary N) is 2. The van der Waals surface area contributed by atoms with E-state index in [-0.39, 0.29) is 53.9 Å². The van der Waals surface area contributed by atoms with Crippen molar-refractivity contribution >= 4 is 17.5 Å². The third-order valence-electron chi connectivity index (χ3n) is 15.7. The number of aliphatic hydroxyl groups excluding tert-OH is 1. The smallest absolute Gasteiger partial charge is 0.340 e. The van der Waals surface area contributed by atoms with Crippen molar-refractivity contribution in [1.82, 2.24) is 10.6 Å². The van der Waals surface area contributed by atoms with Crippen molar-refractivity contribution in [1.29, 1.82) is 0 Å². The summed E-state index contributed by atoms with van der Waals surface area (Å²) in [6.07, 6.45) is 16.7. The molecular weight excluding hydrogens is 785 g/mol. The van der Waals surface area contributed by atoms with Crippen molar-refractivity contribution in [2.45, 2.75) is 110 Å². The molecule has 8 atom stereocenters. The molecule has 0 radical (unpaired) electrons. The van der Waals surface area contributed by atoms with Crippen molar-refractivity contribution in [3.63, 3.8) is 0 Å². The molecule has 4 aliphatic carbocycles. The molecule has 2 bridgehead atoms. The molecular formula is C55H66N2O6.